The highest BCUT2D eigenvalue weighted by Crippen LogP contribution is 2.18. The van der Waals surface area contributed by atoms with Gasteiger partial charge in [-0.25, -0.2) is 0 Å². The van der Waals surface area contributed by atoms with Crippen molar-refractivity contribution in [3.05, 3.63) is 40.4 Å². The zero-order valence-electron chi connectivity index (χ0n) is 9.02. The second-order valence-corrected chi connectivity index (χ2v) is 3.76. The molecule has 82 valence electrons. The second-order valence-electron chi connectivity index (χ2n) is 3.76. The van der Waals surface area contributed by atoms with Crippen LogP contribution in [0.3, 0.4) is 0 Å². The van der Waals surface area contributed by atoms with Crippen molar-refractivity contribution in [2.24, 2.45) is 0 Å². The van der Waals surface area contributed by atoms with Gasteiger partial charge < -0.3 is 12.9 Å². The molecule has 0 aromatic heterocycles. The largest absolute Gasteiger partial charge is 0.502 e. The molecule has 0 fully saturated rings. The summed E-state index contributed by atoms with van der Waals surface area (Å²) in [5.74, 6) is 0.323. The van der Waals surface area contributed by atoms with Crippen LogP contribution in [0.2, 0.25) is 0 Å². The first-order valence-electron chi connectivity index (χ1n) is 4.76. The lowest BCUT2D eigenvalue weighted by Crippen LogP contribution is -2.09. The van der Waals surface area contributed by atoms with Gasteiger partial charge in [0.2, 0.25) is 0 Å². The maximum absolute atomic E-state index is 12.0. The monoisotopic (exact) mass is 213 g/mol. The molecule has 0 spiro atoms. The fourth-order valence-electron chi connectivity index (χ4n) is 1.39. The van der Waals surface area contributed by atoms with E-state index in [1.165, 1.54) is 0 Å². The fourth-order valence-corrected chi connectivity index (χ4v) is 1.39. The minimum Gasteiger partial charge on any atom is -0.445 e. The molecule has 0 aliphatic carbocycles. The van der Waals surface area contributed by atoms with Crippen LogP contribution >= 0.6 is 0 Å². The Labute approximate surface area is 87.9 Å². The van der Waals surface area contributed by atoms with Crippen molar-refractivity contribution in [2.75, 3.05) is 0 Å². The Kier molecular flexibility index (Phi) is 3.27. The average Bonchev–Trinajstić information content (AvgIpc) is 2.09. The van der Waals surface area contributed by atoms with Gasteiger partial charge in [-0.05, 0) is 43.0 Å². The Morgan fingerprint density at radius 1 is 1.00 bits per heavy atom. The minimum atomic E-state index is -4.84. The van der Waals surface area contributed by atoms with Crippen LogP contribution in [0.15, 0.2) is 18.1 Å². The van der Waals surface area contributed by atoms with E-state index >= 15 is 0 Å². The number of benzene rings is 1. The van der Waals surface area contributed by atoms with E-state index in [0.29, 0.717) is 11.5 Å². The van der Waals surface area contributed by atoms with E-state index in [0.717, 1.165) is 22.8 Å². The van der Waals surface area contributed by atoms with Crippen molar-refractivity contribution in [3.8, 4) is 0 Å². The highest BCUT2D eigenvalue weighted by Gasteiger charge is 2.16. The lowest BCUT2D eigenvalue weighted by atomic mass is 9.90. The molecule has 1 aromatic rings. The molecule has 0 radical (unpaired) electrons. The maximum Gasteiger partial charge on any atom is 0.502 e. The third-order valence-electron chi connectivity index (χ3n) is 2.46. The van der Waals surface area contributed by atoms with Gasteiger partial charge in [-0.2, -0.15) is 0 Å². The minimum absolute atomic E-state index is 0.323. The number of halogens is 3. The number of hydrogen-bond donors (Lipinski definition) is 0. The molecular formula is C11H13BF3-. The number of hydrogen-bond acceptors (Lipinski definition) is 0. The Bertz CT molecular complexity index is 368. The van der Waals surface area contributed by atoms with Gasteiger partial charge in [0.05, 0.1) is 0 Å². The van der Waals surface area contributed by atoms with Crippen LogP contribution in [0.4, 0.5) is 12.9 Å². The van der Waals surface area contributed by atoms with Gasteiger partial charge in [0.1, 0.15) is 0 Å². The van der Waals surface area contributed by atoms with Gasteiger partial charge in [0.15, 0.2) is 0 Å². The molecule has 15 heavy (non-hydrogen) atoms. The van der Waals surface area contributed by atoms with Crippen LogP contribution in [-0.2, 0) is 0 Å². The molecule has 0 aliphatic heterocycles. The maximum atomic E-state index is 12.0. The molecule has 0 bridgehead atoms. The predicted molar refractivity (Wildman–Crippen MR) is 58.8 cm³/mol. The van der Waals surface area contributed by atoms with Gasteiger partial charge in [-0.3, -0.25) is 0 Å². The van der Waals surface area contributed by atoms with Crippen LogP contribution in [0.25, 0.3) is 6.08 Å². The number of rotatable bonds is 2. The highest BCUT2D eigenvalue weighted by molar-refractivity contribution is 6.64. The van der Waals surface area contributed by atoms with Crippen molar-refractivity contribution >= 4 is 13.1 Å². The summed E-state index contributed by atoms with van der Waals surface area (Å²) in [6.45, 7) is 0.927. The SMILES string of the molecule is Cc1cc(/C=C/[B-](F)(F)F)cc(C)c1C. The van der Waals surface area contributed by atoms with Crippen molar-refractivity contribution in [1.82, 2.24) is 0 Å². The number of aryl methyl sites for hydroxylation is 2. The first kappa shape index (κ1) is 11.9. The molecule has 0 nitrogen and oxygen atoms in total. The van der Waals surface area contributed by atoms with E-state index in [-0.39, 0.29) is 0 Å². The summed E-state index contributed by atoms with van der Waals surface area (Å²) in [7, 11) is 0. The third-order valence-corrected chi connectivity index (χ3v) is 2.46. The Morgan fingerprint density at radius 2 is 1.47 bits per heavy atom. The van der Waals surface area contributed by atoms with Crippen molar-refractivity contribution in [1.29, 1.82) is 0 Å². The normalized spacial score (nSPS) is 12.4. The van der Waals surface area contributed by atoms with E-state index in [4.69, 9.17) is 0 Å². The molecule has 0 amide bonds. The van der Waals surface area contributed by atoms with E-state index in [1.54, 1.807) is 12.1 Å². The molecular weight excluding hydrogens is 200 g/mol. The highest BCUT2D eigenvalue weighted by atomic mass is 19.4. The van der Waals surface area contributed by atoms with Crippen LogP contribution in [0.1, 0.15) is 22.3 Å². The predicted octanol–water partition coefficient (Wildman–Crippen LogP) is 4.01. The zero-order chi connectivity index (χ0) is 11.6. The fraction of sp³-hybridized carbons (Fsp3) is 0.273. The lowest BCUT2D eigenvalue weighted by molar-refractivity contribution is 0.499. The molecule has 0 N–H and O–H groups in total. The topological polar surface area (TPSA) is 0 Å². The van der Waals surface area contributed by atoms with Gasteiger partial charge in [-0.15, -0.1) is 5.98 Å². The third kappa shape index (κ3) is 3.46. The van der Waals surface area contributed by atoms with Gasteiger partial charge in [-0.1, -0.05) is 18.2 Å². The zero-order valence-corrected chi connectivity index (χ0v) is 9.02. The van der Waals surface area contributed by atoms with Gasteiger partial charge in [0, 0.05) is 0 Å². The van der Waals surface area contributed by atoms with Crippen molar-refractivity contribution in [3.63, 3.8) is 0 Å². The summed E-state index contributed by atoms with van der Waals surface area (Å²) in [6, 6.07) is 3.53. The van der Waals surface area contributed by atoms with Crippen molar-refractivity contribution < 1.29 is 12.9 Å². The van der Waals surface area contributed by atoms with E-state index < -0.39 is 6.98 Å². The first-order valence-corrected chi connectivity index (χ1v) is 4.76. The molecule has 0 unspecified atom stereocenters. The smallest absolute Gasteiger partial charge is 0.445 e. The summed E-state index contributed by atoms with van der Waals surface area (Å²) in [6.07, 6.45) is 1.12. The van der Waals surface area contributed by atoms with Crippen LogP contribution in [-0.4, -0.2) is 6.98 Å². The molecule has 1 aromatic carbocycles. The summed E-state index contributed by atoms with van der Waals surface area (Å²) < 4.78 is 36.0. The first-order chi connectivity index (χ1) is 6.79. The van der Waals surface area contributed by atoms with E-state index in [1.807, 2.05) is 20.8 Å². The lowest BCUT2D eigenvalue weighted by Gasteiger charge is -2.09. The van der Waals surface area contributed by atoms with Gasteiger partial charge in [0.25, 0.3) is 0 Å². The summed E-state index contributed by atoms with van der Waals surface area (Å²) in [5, 5.41) is 0. The van der Waals surface area contributed by atoms with Crippen LogP contribution < -0.4 is 0 Å². The average molecular weight is 213 g/mol. The quantitative estimate of drug-likeness (QED) is 0.651. The van der Waals surface area contributed by atoms with E-state index in [9.17, 15) is 12.9 Å². The molecule has 0 heterocycles. The van der Waals surface area contributed by atoms with E-state index in [2.05, 4.69) is 0 Å². The van der Waals surface area contributed by atoms with Gasteiger partial charge >= 0.3 is 6.98 Å². The summed E-state index contributed by atoms with van der Waals surface area (Å²) in [4.78, 5) is 0. The Hall–Kier alpha value is -1.19. The summed E-state index contributed by atoms with van der Waals surface area (Å²) in [5.41, 5.74) is 3.77. The second kappa shape index (κ2) is 4.13. The Morgan fingerprint density at radius 3 is 1.87 bits per heavy atom. The Balaban J connectivity index is 3.03. The summed E-state index contributed by atoms with van der Waals surface area (Å²) >= 11 is 0. The molecule has 0 saturated carbocycles. The molecule has 0 atom stereocenters. The molecule has 4 heteroatoms. The molecule has 1 rings (SSSR count). The molecule has 0 saturated heterocycles. The van der Waals surface area contributed by atoms with Crippen molar-refractivity contribution in [2.45, 2.75) is 20.8 Å². The molecule has 0 aliphatic rings. The van der Waals surface area contributed by atoms with Crippen LogP contribution in [0.5, 0.6) is 0 Å². The standard InChI is InChI=1S/C11H13BF3/c1-8-6-11(4-5-12(13,14)15)7-9(2)10(8)3/h4-7H,1-3H3/q-1/b5-4+. The van der Waals surface area contributed by atoms with Crippen LogP contribution in [0, 0.1) is 20.8 Å².